The minimum absolute atomic E-state index is 0.00508. The van der Waals surface area contributed by atoms with Crippen LogP contribution in [0.5, 0.6) is 0 Å². The summed E-state index contributed by atoms with van der Waals surface area (Å²) in [6.45, 7) is 8.21. The molecule has 6 nitrogen and oxygen atoms in total. The number of halogens is 1. The van der Waals surface area contributed by atoms with Crippen molar-refractivity contribution in [1.82, 2.24) is 19.7 Å². The Labute approximate surface area is 205 Å². The lowest BCUT2D eigenvalue weighted by molar-refractivity contribution is -0.116. The second-order valence-corrected chi connectivity index (χ2v) is 9.85. The lowest BCUT2D eigenvalue weighted by atomic mass is 10.1. The molecule has 0 saturated carbocycles. The fraction of sp³-hybridized carbons (Fsp3) is 0.423. The third-order valence-corrected chi connectivity index (χ3v) is 7.11. The van der Waals surface area contributed by atoms with Gasteiger partial charge >= 0.3 is 0 Å². The van der Waals surface area contributed by atoms with Crippen molar-refractivity contribution in [3.05, 3.63) is 66.2 Å². The van der Waals surface area contributed by atoms with E-state index in [2.05, 4.69) is 22.0 Å². The van der Waals surface area contributed by atoms with Gasteiger partial charge in [-0.05, 0) is 83.1 Å². The van der Waals surface area contributed by atoms with E-state index < -0.39 is 0 Å². The molecule has 1 atom stereocenters. The summed E-state index contributed by atoms with van der Waals surface area (Å²) in [4.78, 5) is 17.5. The van der Waals surface area contributed by atoms with Crippen molar-refractivity contribution in [3.63, 3.8) is 0 Å². The van der Waals surface area contributed by atoms with Crippen LogP contribution in [-0.2, 0) is 4.79 Å². The largest absolute Gasteiger partial charge is 0.309 e. The molecule has 1 amide bonds. The second-order valence-electron chi connectivity index (χ2n) is 8.91. The van der Waals surface area contributed by atoms with Gasteiger partial charge in [-0.1, -0.05) is 36.4 Å². The van der Waals surface area contributed by atoms with Crippen LogP contribution in [0, 0.1) is 5.82 Å². The number of anilines is 1. The number of para-hydroxylation sites is 1. The average Bonchev–Trinajstić information content (AvgIpc) is 3.28. The topological polar surface area (TPSA) is 54.3 Å². The maximum Gasteiger partial charge on any atom is 0.237 e. The standard InChI is InChI=1S/C26H32FN5OS/c1-19(2)31(22-10-6-4-7-11-22)24(33)18-34-26-29-28-25(20(3)30-16-8-5-9-17-30)32(26)23-14-12-21(27)13-15-23/h4,6-7,10-15,19-20H,5,8-9,16-18H2,1-3H3. The van der Waals surface area contributed by atoms with Crippen molar-refractivity contribution in [3.8, 4) is 5.69 Å². The SMILES string of the molecule is CC(c1nnc(SCC(=O)N(c2ccccc2)C(C)C)n1-c1ccc(F)cc1)N1CCCCC1. The van der Waals surface area contributed by atoms with E-state index >= 15 is 0 Å². The molecule has 0 aliphatic carbocycles. The Kier molecular flexibility index (Phi) is 8.00. The Morgan fingerprint density at radius 1 is 1.00 bits per heavy atom. The summed E-state index contributed by atoms with van der Waals surface area (Å²) in [6.07, 6.45) is 3.61. The summed E-state index contributed by atoms with van der Waals surface area (Å²) in [6, 6.07) is 16.2. The third kappa shape index (κ3) is 5.50. The van der Waals surface area contributed by atoms with E-state index in [9.17, 15) is 9.18 Å². The summed E-state index contributed by atoms with van der Waals surface area (Å²) in [7, 11) is 0. The van der Waals surface area contributed by atoms with Crippen LogP contribution in [0.3, 0.4) is 0 Å². The Balaban J connectivity index is 1.60. The van der Waals surface area contributed by atoms with Crippen LogP contribution in [0.4, 0.5) is 10.1 Å². The van der Waals surface area contributed by atoms with Gasteiger partial charge < -0.3 is 4.90 Å². The maximum atomic E-state index is 13.7. The second kappa shape index (κ2) is 11.1. The summed E-state index contributed by atoms with van der Waals surface area (Å²) >= 11 is 1.37. The number of benzene rings is 2. The van der Waals surface area contributed by atoms with Crippen LogP contribution in [-0.4, -0.2) is 50.5 Å². The summed E-state index contributed by atoms with van der Waals surface area (Å²) < 4.78 is 15.6. The summed E-state index contributed by atoms with van der Waals surface area (Å²) in [5.74, 6) is 0.754. The van der Waals surface area contributed by atoms with Crippen molar-refractivity contribution in [2.24, 2.45) is 0 Å². The molecule has 0 N–H and O–H groups in total. The Morgan fingerprint density at radius 3 is 2.32 bits per heavy atom. The van der Waals surface area contributed by atoms with Gasteiger partial charge in [-0.2, -0.15) is 0 Å². The predicted molar refractivity (Wildman–Crippen MR) is 135 cm³/mol. The van der Waals surface area contributed by atoms with Crippen molar-refractivity contribution in [2.45, 2.75) is 57.3 Å². The van der Waals surface area contributed by atoms with E-state index in [1.54, 1.807) is 12.1 Å². The molecule has 1 saturated heterocycles. The number of hydrogen-bond acceptors (Lipinski definition) is 5. The quantitative estimate of drug-likeness (QED) is 0.399. The van der Waals surface area contributed by atoms with Crippen molar-refractivity contribution in [2.75, 3.05) is 23.7 Å². The van der Waals surface area contributed by atoms with Crippen molar-refractivity contribution >= 4 is 23.4 Å². The summed E-state index contributed by atoms with van der Waals surface area (Å²) in [5, 5.41) is 9.64. The van der Waals surface area contributed by atoms with Crippen molar-refractivity contribution < 1.29 is 9.18 Å². The number of carbonyl (C=O) groups excluding carboxylic acids is 1. The van der Waals surface area contributed by atoms with Gasteiger partial charge in [-0.3, -0.25) is 14.3 Å². The minimum Gasteiger partial charge on any atom is -0.309 e. The van der Waals surface area contributed by atoms with Crippen molar-refractivity contribution in [1.29, 1.82) is 0 Å². The minimum atomic E-state index is -0.290. The highest BCUT2D eigenvalue weighted by atomic mass is 32.2. The smallest absolute Gasteiger partial charge is 0.237 e. The van der Waals surface area contributed by atoms with Crippen LogP contribution in [0.15, 0.2) is 59.8 Å². The molecular formula is C26H32FN5OS. The van der Waals surface area contributed by atoms with Gasteiger partial charge in [0.05, 0.1) is 11.8 Å². The number of aromatic nitrogens is 3. The average molecular weight is 482 g/mol. The number of hydrogen-bond donors (Lipinski definition) is 0. The number of likely N-dealkylation sites (tertiary alicyclic amines) is 1. The number of nitrogens with zero attached hydrogens (tertiary/aromatic N) is 5. The predicted octanol–water partition coefficient (Wildman–Crippen LogP) is 5.49. The molecule has 34 heavy (non-hydrogen) atoms. The van der Waals surface area contributed by atoms with E-state index in [1.165, 1.54) is 43.2 Å². The molecule has 0 radical (unpaired) electrons. The fourth-order valence-corrected chi connectivity index (χ4v) is 5.28. The molecule has 2 aromatic carbocycles. The number of rotatable bonds is 8. The van der Waals surface area contributed by atoms with Crippen LogP contribution >= 0.6 is 11.8 Å². The molecule has 180 valence electrons. The monoisotopic (exact) mass is 481 g/mol. The molecule has 0 bridgehead atoms. The molecular weight excluding hydrogens is 449 g/mol. The Hall–Kier alpha value is -2.71. The Morgan fingerprint density at radius 2 is 1.68 bits per heavy atom. The normalized spacial score (nSPS) is 15.4. The number of amides is 1. The highest BCUT2D eigenvalue weighted by Crippen LogP contribution is 2.30. The van der Waals surface area contributed by atoms with E-state index in [1.807, 2.05) is 53.6 Å². The molecule has 4 rings (SSSR count). The number of piperidine rings is 1. The van der Waals surface area contributed by atoms with Gasteiger partial charge in [-0.25, -0.2) is 4.39 Å². The number of thioether (sulfide) groups is 1. The zero-order valence-corrected chi connectivity index (χ0v) is 20.8. The fourth-order valence-electron chi connectivity index (χ4n) is 4.46. The molecule has 1 unspecified atom stereocenters. The zero-order chi connectivity index (χ0) is 24.1. The van der Waals surface area contributed by atoms with Gasteiger partial charge in [0, 0.05) is 17.4 Å². The van der Waals surface area contributed by atoms with Crippen LogP contribution < -0.4 is 4.90 Å². The summed E-state index contributed by atoms with van der Waals surface area (Å²) in [5.41, 5.74) is 1.67. The molecule has 8 heteroatoms. The Bertz CT molecular complexity index is 1080. The third-order valence-electron chi connectivity index (χ3n) is 6.20. The molecule has 1 aliphatic heterocycles. The first-order valence-corrected chi connectivity index (χ1v) is 12.9. The first-order valence-electron chi connectivity index (χ1n) is 11.9. The van der Waals surface area contributed by atoms with Gasteiger partial charge in [0.15, 0.2) is 11.0 Å². The highest BCUT2D eigenvalue weighted by Gasteiger charge is 2.27. The lowest BCUT2D eigenvalue weighted by Gasteiger charge is -2.32. The lowest BCUT2D eigenvalue weighted by Crippen LogP contribution is -2.38. The van der Waals surface area contributed by atoms with Crippen LogP contribution in [0.25, 0.3) is 5.69 Å². The zero-order valence-electron chi connectivity index (χ0n) is 20.0. The van der Waals surface area contributed by atoms with Gasteiger partial charge in [0.25, 0.3) is 0 Å². The van der Waals surface area contributed by atoms with Gasteiger partial charge in [0.2, 0.25) is 5.91 Å². The molecule has 2 heterocycles. The molecule has 1 aliphatic rings. The first-order chi connectivity index (χ1) is 16.5. The maximum absolute atomic E-state index is 13.7. The van der Waals surface area contributed by atoms with Crippen LogP contribution in [0.2, 0.25) is 0 Å². The molecule has 1 aromatic heterocycles. The first kappa shape index (κ1) is 24.4. The molecule has 1 fully saturated rings. The van der Waals surface area contributed by atoms with E-state index in [0.717, 1.165) is 30.3 Å². The molecule has 3 aromatic rings. The van der Waals surface area contributed by atoms with E-state index in [4.69, 9.17) is 0 Å². The van der Waals surface area contributed by atoms with E-state index in [-0.39, 0.29) is 29.6 Å². The van der Waals surface area contributed by atoms with Gasteiger partial charge in [-0.15, -0.1) is 10.2 Å². The highest BCUT2D eigenvalue weighted by molar-refractivity contribution is 7.99. The van der Waals surface area contributed by atoms with E-state index in [0.29, 0.717) is 5.16 Å². The van der Waals surface area contributed by atoms with Gasteiger partial charge in [0.1, 0.15) is 5.82 Å². The van der Waals surface area contributed by atoms with Crippen LogP contribution in [0.1, 0.15) is 51.9 Å². The number of carbonyl (C=O) groups is 1. The molecule has 0 spiro atoms.